The Kier molecular flexibility index (Phi) is 6.61. The molecule has 0 unspecified atom stereocenters. The van der Waals surface area contributed by atoms with Gasteiger partial charge in [-0.15, -0.1) is 11.8 Å². The third-order valence-electron chi connectivity index (χ3n) is 5.23. The summed E-state index contributed by atoms with van der Waals surface area (Å²) in [5.41, 5.74) is 2.95. The van der Waals surface area contributed by atoms with Crippen LogP contribution in [0.2, 0.25) is 0 Å². The van der Waals surface area contributed by atoms with Crippen LogP contribution in [0.4, 0.5) is 0 Å². The topological polar surface area (TPSA) is 55.8 Å². The lowest BCUT2D eigenvalue weighted by Crippen LogP contribution is -2.30. The van der Waals surface area contributed by atoms with Crippen molar-refractivity contribution in [3.05, 3.63) is 100 Å². The van der Waals surface area contributed by atoms with Gasteiger partial charge in [0.25, 0.3) is 11.8 Å². The Labute approximate surface area is 191 Å². The van der Waals surface area contributed by atoms with Gasteiger partial charge in [0.15, 0.2) is 0 Å². The lowest BCUT2D eigenvalue weighted by atomic mass is 10.0. The number of ether oxygens (including phenoxy) is 2. The predicted molar refractivity (Wildman–Crippen MR) is 126 cm³/mol. The van der Waals surface area contributed by atoms with Crippen LogP contribution in [0.1, 0.15) is 16.7 Å². The van der Waals surface area contributed by atoms with Crippen molar-refractivity contribution in [2.24, 2.45) is 0 Å². The largest absolute Gasteiger partial charge is 0.497 e. The first-order valence-corrected chi connectivity index (χ1v) is 11.1. The van der Waals surface area contributed by atoms with E-state index in [1.807, 2.05) is 72.8 Å². The summed E-state index contributed by atoms with van der Waals surface area (Å²) in [7, 11) is 3.16. The molecule has 0 saturated heterocycles. The van der Waals surface area contributed by atoms with Gasteiger partial charge in [0.2, 0.25) is 0 Å². The van der Waals surface area contributed by atoms with E-state index in [1.165, 1.54) is 16.7 Å². The molecule has 0 saturated carbocycles. The Morgan fingerprint density at radius 3 is 2.12 bits per heavy atom. The zero-order valence-electron chi connectivity index (χ0n) is 17.9. The summed E-state index contributed by atoms with van der Waals surface area (Å²) in [6.07, 6.45) is 0. The number of rotatable bonds is 8. The highest BCUT2D eigenvalue weighted by molar-refractivity contribution is 8.03. The second-order valence-electron chi connectivity index (χ2n) is 7.22. The summed E-state index contributed by atoms with van der Waals surface area (Å²) in [6, 6.07) is 24.5. The van der Waals surface area contributed by atoms with E-state index in [2.05, 4.69) is 0 Å². The number of hydrogen-bond donors (Lipinski definition) is 0. The summed E-state index contributed by atoms with van der Waals surface area (Å²) in [5, 5.41) is 0. The summed E-state index contributed by atoms with van der Waals surface area (Å²) in [6.45, 7) is 0.190. The fraction of sp³-hybridized carbons (Fsp3) is 0.154. The van der Waals surface area contributed by atoms with E-state index >= 15 is 0 Å². The Bertz CT molecular complexity index is 1160. The zero-order valence-corrected chi connectivity index (χ0v) is 18.7. The molecule has 5 nitrogen and oxygen atoms in total. The second kappa shape index (κ2) is 9.75. The first-order valence-electron chi connectivity index (χ1n) is 10.2. The number of imide groups is 1. The minimum absolute atomic E-state index is 0.190. The first kappa shape index (κ1) is 21.7. The molecule has 6 heteroatoms. The van der Waals surface area contributed by atoms with Crippen molar-refractivity contribution in [2.75, 3.05) is 14.2 Å². The quantitative estimate of drug-likeness (QED) is 0.461. The molecule has 0 radical (unpaired) electrons. The van der Waals surface area contributed by atoms with Gasteiger partial charge in [-0.25, -0.2) is 0 Å². The van der Waals surface area contributed by atoms with Crippen molar-refractivity contribution >= 4 is 29.1 Å². The molecule has 3 aromatic rings. The summed E-state index contributed by atoms with van der Waals surface area (Å²) in [5.74, 6) is 1.27. The lowest BCUT2D eigenvalue weighted by molar-refractivity contribution is -0.137. The van der Waals surface area contributed by atoms with Crippen molar-refractivity contribution in [3.63, 3.8) is 0 Å². The van der Waals surface area contributed by atoms with E-state index in [9.17, 15) is 9.59 Å². The number of nitrogens with zero attached hydrogens (tertiary/aromatic N) is 1. The normalized spacial score (nSPS) is 13.6. The van der Waals surface area contributed by atoms with Crippen molar-refractivity contribution in [1.29, 1.82) is 0 Å². The molecule has 1 heterocycles. The van der Waals surface area contributed by atoms with Crippen molar-refractivity contribution in [3.8, 4) is 11.5 Å². The highest BCUT2D eigenvalue weighted by atomic mass is 32.2. The Balaban J connectivity index is 1.68. The smallest absolute Gasteiger partial charge is 0.268 e. The Morgan fingerprint density at radius 2 is 1.44 bits per heavy atom. The highest BCUT2D eigenvalue weighted by Crippen LogP contribution is 2.41. The minimum atomic E-state index is -0.314. The number of benzene rings is 3. The molecule has 1 aliphatic rings. The van der Waals surface area contributed by atoms with Crippen LogP contribution in [0.25, 0.3) is 5.57 Å². The molecule has 1 aliphatic heterocycles. The highest BCUT2D eigenvalue weighted by Gasteiger charge is 2.40. The summed E-state index contributed by atoms with van der Waals surface area (Å²) in [4.78, 5) is 28.6. The van der Waals surface area contributed by atoms with Crippen LogP contribution in [0.15, 0.2) is 83.8 Å². The Morgan fingerprint density at radius 1 is 0.750 bits per heavy atom. The van der Waals surface area contributed by atoms with E-state index in [-0.39, 0.29) is 18.4 Å². The molecule has 0 bridgehead atoms. The van der Waals surface area contributed by atoms with E-state index < -0.39 is 0 Å². The average molecular weight is 446 g/mol. The fourth-order valence-electron chi connectivity index (χ4n) is 3.56. The monoisotopic (exact) mass is 445 g/mol. The van der Waals surface area contributed by atoms with E-state index in [1.54, 1.807) is 20.3 Å². The number of hydrogen-bond acceptors (Lipinski definition) is 5. The second-order valence-corrected chi connectivity index (χ2v) is 8.21. The summed E-state index contributed by atoms with van der Waals surface area (Å²) >= 11 is 1.38. The van der Waals surface area contributed by atoms with Crippen molar-refractivity contribution < 1.29 is 19.1 Å². The SMILES string of the molecule is COc1ccc(CN2C(=O)C(SCc3ccccc3)=C(c3ccccc3OC)C2=O)cc1. The summed E-state index contributed by atoms with van der Waals surface area (Å²) < 4.78 is 10.7. The van der Waals surface area contributed by atoms with Crippen LogP contribution < -0.4 is 9.47 Å². The maximum Gasteiger partial charge on any atom is 0.268 e. The molecule has 0 aromatic heterocycles. The van der Waals surface area contributed by atoms with E-state index in [4.69, 9.17) is 9.47 Å². The maximum atomic E-state index is 13.5. The van der Waals surface area contributed by atoms with Gasteiger partial charge in [-0.3, -0.25) is 14.5 Å². The van der Waals surface area contributed by atoms with Crippen LogP contribution in [0, 0.1) is 0 Å². The number of methoxy groups -OCH3 is 2. The molecular weight excluding hydrogens is 422 g/mol. The van der Waals surface area contributed by atoms with E-state index in [0.29, 0.717) is 27.5 Å². The van der Waals surface area contributed by atoms with Crippen LogP contribution in [0.3, 0.4) is 0 Å². The molecule has 32 heavy (non-hydrogen) atoms. The standard InChI is InChI=1S/C26H23NO4S/c1-30-20-14-12-18(13-15-20)16-27-25(28)23(21-10-6-7-11-22(21)31-2)24(26(27)29)32-17-19-8-4-3-5-9-19/h3-15H,16-17H2,1-2H3. The van der Waals surface area contributed by atoms with E-state index in [0.717, 1.165) is 16.9 Å². The van der Waals surface area contributed by atoms with Crippen LogP contribution >= 0.6 is 11.8 Å². The third-order valence-corrected chi connectivity index (χ3v) is 6.37. The molecule has 162 valence electrons. The molecule has 2 amide bonds. The van der Waals surface area contributed by atoms with Gasteiger partial charge in [0.1, 0.15) is 11.5 Å². The van der Waals surface area contributed by atoms with Gasteiger partial charge in [0, 0.05) is 11.3 Å². The number of amides is 2. The van der Waals surface area contributed by atoms with Gasteiger partial charge in [-0.05, 0) is 29.3 Å². The average Bonchev–Trinajstić information content (AvgIpc) is 3.07. The van der Waals surface area contributed by atoms with Gasteiger partial charge < -0.3 is 9.47 Å². The fourth-order valence-corrected chi connectivity index (χ4v) is 4.64. The van der Waals surface area contributed by atoms with Crippen LogP contribution in [0.5, 0.6) is 11.5 Å². The molecule has 0 aliphatic carbocycles. The lowest BCUT2D eigenvalue weighted by Gasteiger charge is -2.16. The number of carbonyl (C=O) groups is 2. The Hall–Kier alpha value is -3.51. The number of thioether (sulfide) groups is 1. The molecule has 3 aromatic carbocycles. The molecule has 0 fully saturated rings. The third kappa shape index (κ3) is 4.41. The van der Waals surface area contributed by atoms with Crippen molar-refractivity contribution in [1.82, 2.24) is 4.90 Å². The zero-order chi connectivity index (χ0) is 22.5. The molecular formula is C26H23NO4S. The maximum absolute atomic E-state index is 13.5. The van der Waals surface area contributed by atoms with Gasteiger partial charge in [-0.2, -0.15) is 0 Å². The van der Waals surface area contributed by atoms with Crippen LogP contribution in [-0.2, 0) is 21.9 Å². The van der Waals surface area contributed by atoms with Gasteiger partial charge >= 0.3 is 0 Å². The molecule has 4 rings (SSSR count). The number of carbonyl (C=O) groups excluding carboxylic acids is 2. The number of para-hydroxylation sites is 1. The van der Waals surface area contributed by atoms with Crippen molar-refractivity contribution in [2.45, 2.75) is 12.3 Å². The first-order chi connectivity index (χ1) is 15.6. The molecule has 0 atom stereocenters. The molecule has 0 spiro atoms. The predicted octanol–water partition coefficient (Wildman–Crippen LogP) is 4.92. The van der Waals surface area contributed by atoms with Gasteiger partial charge in [-0.1, -0.05) is 60.7 Å². The van der Waals surface area contributed by atoms with Gasteiger partial charge in [0.05, 0.1) is 31.2 Å². The minimum Gasteiger partial charge on any atom is -0.497 e. The molecule has 0 N–H and O–H groups in total. The van der Waals surface area contributed by atoms with Crippen LogP contribution in [-0.4, -0.2) is 30.9 Å².